The molecule has 1 aromatic rings. The van der Waals surface area contributed by atoms with Crippen LogP contribution in [0.25, 0.3) is 0 Å². The molecule has 0 radical (unpaired) electrons. The molecule has 1 saturated heterocycles. The standard InChI is InChI=1S/C20H26ClN3O3/c1-3-27-19(25)17-16(12-24-10-8-13(2)9-11-24)22-20(26)23-18(17)14-4-6-15(21)7-5-14/h4-7,13,18H,3,8-12H2,1-2H3,(H2,22,23,26)/p+1/t18-/m1/s1. The number of ether oxygens (including phenoxy) is 1. The van der Waals surface area contributed by atoms with Crippen LogP contribution in [0.15, 0.2) is 35.5 Å². The number of nitrogens with one attached hydrogen (secondary N) is 3. The zero-order chi connectivity index (χ0) is 19.4. The van der Waals surface area contributed by atoms with E-state index in [1.54, 1.807) is 19.1 Å². The van der Waals surface area contributed by atoms with Crippen LogP contribution in [0.4, 0.5) is 4.79 Å². The zero-order valence-corrected chi connectivity index (χ0v) is 16.6. The molecule has 3 rings (SSSR count). The summed E-state index contributed by atoms with van der Waals surface area (Å²) in [4.78, 5) is 26.4. The molecule has 6 nitrogen and oxygen atoms in total. The lowest BCUT2D eigenvalue weighted by Crippen LogP contribution is -3.13. The lowest BCUT2D eigenvalue weighted by Gasteiger charge is -2.32. The third kappa shape index (κ3) is 4.82. The molecule has 2 aliphatic rings. The maximum Gasteiger partial charge on any atom is 0.338 e. The van der Waals surface area contributed by atoms with E-state index in [9.17, 15) is 9.59 Å². The molecule has 0 aliphatic carbocycles. The van der Waals surface area contributed by atoms with Crippen molar-refractivity contribution in [2.45, 2.75) is 32.7 Å². The molecule has 0 bridgehead atoms. The molecule has 3 N–H and O–H groups in total. The summed E-state index contributed by atoms with van der Waals surface area (Å²) in [7, 11) is 0. The molecule has 2 amide bonds. The van der Waals surface area contributed by atoms with Crippen LogP contribution in [0.5, 0.6) is 0 Å². The Morgan fingerprint density at radius 3 is 2.56 bits per heavy atom. The largest absolute Gasteiger partial charge is 0.463 e. The fraction of sp³-hybridized carbons (Fsp3) is 0.500. The van der Waals surface area contributed by atoms with Gasteiger partial charge >= 0.3 is 12.0 Å². The van der Waals surface area contributed by atoms with Crippen LogP contribution in [0.2, 0.25) is 5.02 Å². The Kier molecular flexibility index (Phi) is 6.39. The van der Waals surface area contributed by atoms with Crippen LogP contribution in [0.1, 0.15) is 38.3 Å². The van der Waals surface area contributed by atoms with E-state index in [1.807, 2.05) is 12.1 Å². The number of amides is 2. The summed E-state index contributed by atoms with van der Waals surface area (Å²) in [6, 6.07) is 6.31. The van der Waals surface area contributed by atoms with Crippen LogP contribution >= 0.6 is 11.6 Å². The molecule has 0 saturated carbocycles. The monoisotopic (exact) mass is 392 g/mol. The Morgan fingerprint density at radius 1 is 1.26 bits per heavy atom. The number of quaternary nitrogens is 1. The molecule has 0 aromatic heterocycles. The number of carbonyl (C=O) groups excluding carboxylic acids is 2. The Hall–Kier alpha value is -2.05. The second-order valence-electron chi connectivity index (χ2n) is 7.31. The van der Waals surface area contributed by atoms with Gasteiger partial charge in [-0.3, -0.25) is 0 Å². The molecule has 7 heteroatoms. The van der Waals surface area contributed by atoms with E-state index in [-0.39, 0.29) is 12.6 Å². The first-order valence-electron chi connectivity index (χ1n) is 9.54. The second-order valence-corrected chi connectivity index (χ2v) is 7.74. The highest BCUT2D eigenvalue weighted by molar-refractivity contribution is 6.30. The van der Waals surface area contributed by atoms with Crippen molar-refractivity contribution in [2.75, 3.05) is 26.2 Å². The summed E-state index contributed by atoms with van der Waals surface area (Å²) in [5, 5.41) is 6.32. The van der Waals surface area contributed by atoms with E-state index in [4.69, 9.17) is 16.3 Å². The SMILES string of the molecule is CCOC(=O)C1=C(C[NH+]2CCC(C)CC2)NC(=O)N[C@@H]1c1ccc(Cl)cc1. The maximum absolute atomic E-state index is 12.8. The fourth-order valence-electron chi connectivity index (χ4n) is 3.71. The van der Waals surface area contributed by atoms with Crippen molar-refractivity contribution in [3.05, 3.63) is 46.1 Å². The summed E-state index contributed by atoms with van der Waals surface area (Å²) in [6.07, 6.45) is 2.31. The molecule has 0 unspecified atom stereocenters. The van der Waals surface area contributed by atoms with Gasteiger partial charge in [0.2, 0.25) is 0 Å². The predicted octanol–water partition coefficient (Wildman–Crippen LogP) is 1.83. The minimum atomic E-state index is -0.548. The van der Waals surface area contributed by atoms with Gasteiger partial charge in [-0.15, -0.1) is 0 Å². The molecule has 1 aromatic carbocycles. The van der Waals surface area contributed by atoms with E-state index >= 15 is 0 Å². The van der Waals surface area contributed by atoms with Crippen molar-refractivity contribution in [1.29, 1.82) is 0 Å². The van der Waals surface area contributed by atoms with Crippen LogP contribution in [-0.4, -0.2) is 38.2 Å². The molecular weight excluding hydrogens is 366 g/mol. The highest BCUT2D eigenvalue weighted by atomic mass is 35.5. The fourth-order valence-corrected chi connectivity index (χ4v) is 3.84. The number of carbonyl (C=O) groups is 2. The first-order valence-corrected chi connectivity index (χ1v) is 9.92. The van der Waals surface area contributed by atoms with E-state index in [2.05, 4.69) is 17.6 Å². The Morgan fingerprint density at radius 2 is 1.93 bits per heavy atom. The normalized spacial score (nSPS) is 25.6. The summed E-state index contributed by atoms with van der Waals surface area (Å²) < 4.78 is 5.31. The van der Waals surface area contributed by atoms with Crippen LogP contribution < -0.4 is 15.5 Å². The average Bonchev–Trinajstić information content (AvgIpc) is 2.64. The lowest BCUT2D eigenvalue weighted by molar-refractivity contribution is -0.901. The van der Waals surface area contributed by atoms with Gasteiger partial charge in [0.15, 0.2) is 0 Å². The number of urea groups is 1. The highest BCUT2D eigenvalue weighted by Crippen LogP contribution is 2.28. The highest BCUT2D eigenvalue weighted by Gasteiger charge is 2.35. The van der Waals surface area contributed by atoms with Crippen molar-refractivity contribution in [1.82, 2.24) is 10.6 Å². The number of rotatable bonds is 5. The Labute approximate surface area is 164 Å². The number of hydrogen-bond donors (Lipinski definition) is 3. The smallest absolute Gasteiger partial charge is 0.338 e. The van der Waals surface area contributed by atoms with Crippen molar-refractivity contribution in [2.24, 2.45) is 5.92 Å². The van der Waals surface area contributed by atoms with Gasteiger partial charge in [-0.05, 0) is 43.4 Å². The van der Waals surface area contributed by atoms with E-state index in [1.165, 1.54) is 4.90 Å². The Balaban J connectivity index is 1.94. The van der Waals surface area contributed by atoms with Crippen molar-refractivity contribution in [3.8, 4) is 0 Å². The quantitative estimate of drug-likeness (QED) is 0.669. The third-order valence-electron chi connectivity index (χ3n) is 5.26. The van der Waals surface area contributed by atoms with Crippen molar-refractivity contribution >= 4 is 23.6 Å². The molecule has 1 atom stereocenters. The first-order chi connectivity index (χ1) is 13.0. The summed E-state index contributed by atoms with van der Waals surface area (Å²) in [5.41, 5.74) is 1.93. The number of benzene rings is 1. The molecule has 2 aliphatic heterocycles. The van der Waals surface area contributed by atoms with Crippen molar-refractivity contribution in [3.63, 3.8) is 0 Å². The predicted molar refractivity (Wildman–Crippen MR) is 103 cm³/mol. The van der Waals surface area contributed by atoms with Gasteiger partial charge < -0.3 is 20.3 Å². The van der Waals surface area contributed by atoms with Crippen LogP contribution in [0, 0.1) is 5.92 Å². The molecule has 146 valence electrons. The lowest BCUT2D eigenvalue weighted by atomic mass is 9.94. The molecule has 27 heavy (non-hydrogen) atoms. The van der Waals surface area contributed by atoms with Gasteiger partial charge in [-0.25, -0.2) is 9.59 Å². The summed E-state index contributed by atoms with van der Waals surface area (Å²) in [5.74, 6) is 0.335. The average molecular weight is 393 g/mol. The second kappa shape index (κ2) is 8.76. The summed E-state index contributed by atoms with van der Waals surface area (Å²) in [6.45, 7) is 7.01. The third-order valence-corrected chi connectivity index (χ3v) is 5.51. The van der Waals surface area contributed by atoms with Gasteiger partial charge in [0.1, 0.15) is 6.54 Å². The number of piperidine rings is 1. The molecular formula is C20H27ClN3O3+. The van der Waals surface area contributed by atoms with E-state index < -0.39 is 12.0 Å². The summed E-state index contributed by atoms with van der Waals surface area (Å²) >= 11 is 5.99. The van der Waals surface area contributed by atoms with Gasteiger partial charge in [0.25, 0.3) is 0 Å². The number of esters is 1. The maximum atomic E-state index is 12.8. The number of hydrogen-bond acceptors (Lipinski definition) is 3. The Bertz CT molecular complexity index is 724. The number of halogens is 1. The van der Waals surface area contributed by atoms with Gasteiger partial charge in [0, 0.05) is 5.02 Å². The molecule has 1 fully saturated rings. The van der Waals surface area contributed by atoms with E-state index in [0.29, 0.717) is 22.8 Å². The minimum Gasteiger partial charge on any atom is -0.463 e. The zero-order valence-electron chi connectivity index (χ0n) is 15.8. The van der Waals surface area contributed by atoms with Gasteiger partial charge in [-0.2, -0.15) is 0 Å². The molecule has 0 spiro atoms. The van der Waals surface area contributed by atoms with Gasteiger partial charge in [-0.1, -0.05) is 30.7 Å². The number of likely N-dealkylation sites (tertiary alicyclic amines) is 1. The van der Waals surface area contributed by atoms with Crippen LogP contribution in [-0.2, 0) is 9.53 Å². The topological polar surface area (TPSA) is 71.9 Å². The van der Waals surface area contributed by atoms with Crippen molar-refractivity contribution < 1.29 is 19.2 Å². The van der Waals surface area contributed by atoms with E-state index in [0.717, 1.165) is 37.4 Å². The molecule has 2 heterocycles. The van der Waals surface area contributed by atoms with Crippen LogP contribution in [0.3, 0.4) is 0 Å². The van der Waals surface area contributed by atoms with Gasteiger partial charge in [0.05, 0.1) is 37.0 Å². The first kappa shape index (κ1) is 19.7. The minimum absolute atomic E-state index is 0.283.